The van der Waals surface area contributed by atoms with Crippen LogP contribution in [0.2, 0.25) is 0 Å². The van der Waals surface area contributed by atoms with Gasteiger partial charge in [0.2, 0.25) is 0 Å². The second-order valence-corrected chi connectivity index (χ2v) is 5.42. The summed E-state index contributed by atoms with van der Waals surface area (Å²) in [6, 6.07) is 17.4. The lowest BCUT2D eigenvalue weighted by Crippen LogP contribution is -1.97. The van der Waals surface area contributed by atoms with E-state index in [1.54, 1.807) is 0 Å². The van der Waals surface area contributed by atoms with Crippen LogP contribution in [0.3, 0.4) is 0 Å². The van der Waals surface area contributed by atoms with Gasteiger partial charge in [0.25, 0.3) is 0 Å². The summed E-state index contributed by atoms with van der Waals surface area (Å²) in [7, 11) is 0. The molecule has 1 aliphatic rings. The predicted octanol–water partition coefficient (Wildman–Crippen LogP) is 4.88. The summed E-state index contributed by atoms with van der Waals surface area (Å²) in [5.41, 5.74) is 5.37. The third-order valence-electron chi connectivity index (χ3n) is 3.29. The Labute approximate surface area is 110 Å². The van der Waals surface area contributed by atoms with Crippen LogP contribution in [0.4, 0.5) is 0 Å². The standard InChI is InChI=1S/C16H13Br/c1-11-6-8-12(9-7-11)16-14-5-3-2-4-13(14)10-15(16)17/h2-10,16H,1H3. The maximum Gasteiger partial charge on any atom is 0.0412 e. The smallest absolute Gasteiger partial charge is 0.0412 e. The second kappa shape index (κ2) is 4.15. The van der Waals surface area contributed by atoms with Gasteiger partial charge in [-0.2, -0.15) is 0 Å². The Morgan fingerprint density at radius 3 is 2.41 bits per heavy atom. The monoisotopic (exact) mass is 284 g/mol. The summed E-state index contributed by atoms with van der Waals surface area (Å²) in [6.07, 6.45) is 2.22. The molecule has 0 radical (unpaired) electrons. The molecule has 0 aliphatic heterocycles. The molecule has 1 aliphatic carbocycles. The van der Waals surface area contributed by atoms with Crippen LogP contribution in [0.15, 0.2) is 53.0 Å². The van der Waals surface area contributed by atoms with Gasteiger partial charge in [-0.1, -0.05) is 70.0 Å². The molecule has 0 fully saturated rings. The van der Waals surface area contributed by atoms with E-state index >= 15 is 0 Å². The Balaban J connectivity index is 2.10. The number of benzene rings is 2. The minimum absolute atomic E-state index is 0.367. The molecule has 0 saturated heterocycles. The second-order valence-electron chi connectivity index (χ2n) is 4.50. The first kappa shape index (κ1) is 10.8. The highest BCUT2D eigenvalue weighted by molar-refractivity contribution is 9.11. The Morgan fingerprint density at radius 1 is 0.941 bits per heavy atom. The van der Waals surface area contributed by atoms with Crippen LogP contribution in [0.5, 0.6) is 0 Å². The van der Waals surface area contributed by atoms with E-state index in [2.05, 4.69) is 77.5 Å². The van der Waals surface area contributed by atoms with Crippen molar-refractivity contribution in [3.05, 3.63) is 75.3 Å². The topological polar surface area (TPSA) is 0 Å². The Hall–Kier alpha value is -1.34. The summed E-state index contributed by atoms with van der Waals surface area (Å²) in [5.74, 6) is 0.367. The van der Waals surface area contributed by atoms with Gasteiger partial charge >= 0.3 is 0 Å². The fourth-order valence-electron chi connectivity index (χ4n) is 2.38. The molecular formula is C16H13Br. The molecule has 1 atom stereocenters. The molecule has 2 aromatic rings. The molecule has 1 unspecified atom stereocenters. The summed E-state index contributed by atoms with van der Waals surface area (Å²) in [5, 5.41) is 0. The van der Waals surface area contributed by atoms with Crippen LogP contribution in [0, 0.1) is 6.92 Å². The number of halogens is 1. The molecule has 0 saturated carbocycles. The average Bonchev–Trinajstić information content (AvgIpc) is 2.66. The number of hydrogen-bond donors (Lipinski definition) is 0. The normalized spacial score (nSPS) is 17.8. The molecule has 1 heteroatoms. The lowest BCUT2D eigenvalue weighted by molar-refractivity contribution is 1.04. The lowest BCUT2D eigenvalue weighted by Gasteiger charge is -2.14. The van der Waals surface area contributed by atoms with Crippen molar-refractivity contribution in [3.8, 4) is 0 Å². The highest BCUT2D eigenvalue weighted by Crippen LogP contribution is 2.43. The molecule has 0 bridgehead atoms. The van der Waals surface area contributed by atoms with Crippen molar-refractivity contribution in [2.75, 3.05) is 0 Å². The first-order chi connectivity index (χ1) is 8.25. The number of aryl methyl sites for hydroxylation is 1. The van der Waals surface area contributed by atoms with Gasteiger partial charge in [0.1, 0.15) is 0 Å². The van der Waals surface area contributed by atoms with Gasteiger partial charge in [0, 0.05) is 10.4 Å². The quantitative estimate of drug-likeness (QED) is 0.700. The van der Waals surface area contributed by atoms with E-state index in [-0.39, 0.29) is 0 Å². The maximum atomic E-state index is 3.70. The van der Waals surface area contributed by atoms with E-state index in [1.807, 2.05) is 0 Å². The zero-order valence-electron chi connectivity index (χ0n) is 9.65. The van der Waals surface area contributed by atoms with Crippen molar-refractivity contribution in [2.45, 2.75) is 12.8 Å². The Bertz CT molecular complexity index is 579. The molecule has 0 heterocycles. The first-order valence-electron chi connectivity index (χ1n) is 5.78. The molecule has 0 amide bonds. The van der Waals surface area contributed by atoms with Gasteiger partial charge in [0.15, 0.2) is 0 Å². The molecule has 0 N–H and O–H groups in total. The maximum absolute atomic E-state index is 3.70. The number of rotatable bonds is 1. The van der Waals surface area contributed by atoms with E-state index in [0.717, 1.165) is 0 Å². The Kier molecular flexibility index (Phi) is 2.64. The van der Waals surface area contributed by atoms with Crippen molar-refractivity contribution < 1.29 is 0 Å². The summed E-state index contributed by atoms with van der Waals surface area (Å²) in [4.78, 5) is 0. The van der Waals surface area contributed by atoms with Gasteiger partial charge < -0.3 is 0 Å². The summed E-state index contributed by atoms with van der Waals surface area (Å²) < 4.78 is 1.25. The molecule has 3 rings (SSSR count). The van der Waals surface area contributed by atoms with Gasteiger partial charge in [-0.05, 0) is 29.7 Å². The number of fused-ring (bicyclic) bond motifs is 1. The third kappa shape index (κ3) is 1.85. The number of allylic oxidation sites excluding steroid dienone is 1. The zero-order valence-corrected chi connectivity index (χ0v) is 11.2. The van der Waals surface area contributed by atoms with Crippen LogP contribution < -0.4 is 0 Å². The van der Waals surface area contributed by atoms with Crippen molar-refractivity contribution in [3.63, 3.8) is 0 Å². The third-order valence-corrected chi connectivity index (χ3v) is 3.97. The predicted molar refractivity (Wildman–Crippen MR) is 76.4 cm³/mol. The Morgan fingerprint density at radius 2 is 1.65 bits per heavy atom. The van der Waals surface area contributed by atoms with Gasteiger partial charge in [-0.25, -0.2) is 0 Å². The van der Waals surface area contributed by atoms with E-state index in [1.165, 1.54) is 26.7 Å². The summed E-state index contributed by atoms with van der Waals surface area (Å²) in [6.45, 7) is 2.12. The summed E-state index contributed by atoms with van der Waals surface area (Å²) >= 11 is 3.70. The van der Waals surface area contributed by atoms with Crippen LogP contribution in [-0.4, -0.2) is 0 Å². The first-order valence-corrected chi connectivity index (χ1v) is 6.57. The minimum atomic E-state index is 0.367. The molecule has 0 nitrogen and oxygen atoms in total. The van der Waals surface area contributed by atoms with Crippen molar-refractivity contribution in [1.82, 2.24) is 0 Å². The SMILES string of the molecule is Cc1ccc(C2C(Br)=Cc3ccccc32)cc1. The molecule has 84 valence electrons. The number of hydrogen-bond acceptors (Lipinski definition) is 0. The highest BCUT2D eigenvalue weighted by atomic mass is 79.9. The van der Waals surface area contributed by atoms with Gasteiger partial charge in [0.05, 0.1) is 0 Å². The fourth-order valence-corrected chi connectivity index (χ4v) is 3.14. The lowest BCUT2D eigenvalue weighted by atomic mass is 9.93. The highest BCUT2D eigenvalue weighted by Gasteiger charge is 2.24. The molecule has 17 heavy (non-hydrogen) atoms. The molecule has 0 aromatic heterocycles. The fraction of sp³-hybridized carbons (Fsp3) is 0.125. The van der Waals surface area contributed by atoms with Crippen molar-refractivity contribution >= 4 is 22.0 Å². The average molecular weight is 285 g/mol. The van der Waals surface area contributed by atoms with E-state index in [4.69, 9.17) is 0 Å². The van der Waals surface area contributed by atoms with Crippen LogP contribution in [0.25, 0.3) is 6.08 Å². The molecule has 0 spiro atoms. The van der Waals surface area contributed by atoms with Gasteiger partial charge in [-0.15, -0.1) is 0 Å². The van der Waals surface area contributed by atoms with Crippen LogP contribution in [-0.2, 0) is 0 Å². The van der Waals surface area contributed by atoms with E-state index in [0.29, 0.717) is 5.92 Å². The van der Waals surface area contributed by atoms with Crippen molar-refractivity contribution in [2.24, 2.45) is 0 Å². The molecule has 2 aromatic carbocycles. The minimum Gasteiger partial charge on any atom is -0.0619 e. The largest absolute Gasteiger partial charge is 0.0619 e. The van der Waals surface area contributed by atoms with Gasteiger partial charge in [-0.3, -0.25) is 0 Å². The van der Waals surface area contributed by atoms with E-state index < -0.39 is 0 Å². The molecular weight excluding hydrogens is 272 g/mol. The zero-order chi connectivity index (χ0) is 11.8. The van der Waals surface area contributed by atoms with Crippen molar-refractivity contribution in [1.29, 1.82) is 0 Å². The van der Waals surface area contributed by atoms with Crippen LogP contribution in [0.1, 0.15) is 28.2 Å². The van der Waals surface area contributed by atoms with E-state index in [9.17, 15) is 0 Å². The van der Waals surface area contributed by atoms with Crippen LogP contribution >= 0.6 is 15.9 Å².